The van der Waals surface area contributed by atoms with Crippen LogP contribution in [-0.4, -0.2) is 16.5 Å². The molecule has 0 saturated carbocycles. The van der Waals surface area contributed by atoms with Crippen molar-refractivity contribution in [3.05, 3.63) is 83.2 Å². The molecular formula is C27H38N2. The molecule has 0 saturated heterocycles. The molecule has 0 aromatic heterocycles. The zero-order valence-corrected chi connectivity index (χ0v) is 19.5. The van der Waals surface area contributed by atoms with Crippen molar-refractivity contribution in [1.82, 2.24) is 9.80 Å². The molecule has 0 amide bonds. The lowest BCUT2D eigenvalue weighted by atomic mass is 9.79. The Kier molecular flexibility index (Phi) is 5.85. The lowest BCUT2D eigenvalue weighted by Gasteiger charge is -2.43. The first-order chi connectivity index (χ1) is 13.5. The molecule has 0 unspecified atom stereocenters. The molecule has 1 heterocycles. The van der Waals surface area contributed by atoms with Gasteiger partial charge in [0, 0.05) is 12.4 Å². The van der Waals surface area contributed by atoms with E-state index in [2.05, 4.69) is 126 Å². The molecule has 0 N–H and O–H groups in total. The Morgan fingerprint density at radius 3 is 1.28 bits per heavy atom. The van der Waals surface area contributed by atoms with Crippen molar-refractivity contribution in [3.63, 3.8) is 0 Å². The summed E-state index contributed by atoms with van der Waals surface area (Å²) in [6, 6.07) is 18.3. The van der Waals surface area contributed by atoms with Crippen LogP contribution in [0.1, 0.15) is 75.9 Å². The van der Waals surface area contributed by atoms with Gasteiger partial charge in [-0.05, 0) is 46.9 Å². The van der Waals surface area contributed by atoms with E-state index in [4.69, 9.17) is 0 Å². The van der Waals surface area contributed by atoms with Crippen LogP contribution in [-0.2, 0) is 0 Å². The molecule has 0 radical (unpaired) electrons. The summed E-state index contributed by atoms with van der Waals surface area (Å²) in [7, 11) is 0. The van der Waals surface area contributed by atoms with Gasteiger partial charge in [0.05, 0.1) is 18.8 Å². The van der Waals surface area contributed by atoms with Crippen molar-refractivity contribution in [2.45, 2.75) is 67.5 Å². The standard InChI is InChI=1S/C27H38N2/c1-20-13-9-11-15-22(20)24(26(3,4)5)28-17-18-29(19-28)25(27(6,7)8)23-16-12-10-14-21(23)2/h9-18,24-25H,19H2,1-8H3/t24-,25-/m1/s1. The first-order valence-corrected chi connectivity index (χ1v) is 10.8. The fourth-order valence-corrected chi connectivity index (χ4v) is 4.86. The van der Waals surface area contributed by atoms with Crippen molar-refractivity contribution >= 4 is 0 Å². The fraction of sp³-hybridized carbons (Fsp3) is 0.481. The SMILES string of the molecule is Cc1ccccc1[C@@H](N1C=CN([C@H](c2ccccc2C)C(C)(C)C)C1)C(C)(C)C. The Morgan fingerprint density at radius 2 is 0.966 bits per heavy atom. The van der Waals surface area contributed by atoms with E-state index in [1.807, 2.05) is 0 Å². The van der Waals surface area contributed by atoms with Gasteiger partial charge in [-0.2, -0.15) is 0 Å². The number of aryl methyl sites for hydroxylation is 2. The van der Waals surface area contributed by atoms with Crippen molar-refractivity contribution in [2.24, 2.45) is 10.8 Å². The summed E-state index contributed by atoms with van der Waals surface area (Å²) in [6.07, 6.45) is 4.61. The Labute approximate surface area is 178 Å². The summed E-state index contributed by atoms with van der Waals surface area (Å²) in [5.41, 5.74) is 5.85. The minimum absolute atomic E-state index is 0.131. The molecule has 29 heavy (non-hydrogen) atoms. The quantitative estimate of drug-likeness (QED) is 0.543. The highest BCUT2D eigenvalue weighted by Gasteiger charge is 2.38. The summed E-state index contributed by atoms with van der Waals surface area (Å²) in [5, 5.41) is 0. The lowest BCUT2D eigenvalue weighted by molar-refractivity contribution is 0.0744. The molecule has 0 aliphatic carbocycles. The maximum absolute atomic E-state index is 2.53. The predicted molar refractivity (Wildman–Crippen MR) is 124 cm³/mol. The molecule has 0 bridgehead atoms. The molecule has 2 atom stereocenters. The first-order valence-electron chi connectivity index (χ1n) is 10.8. The minimum atomic E-state index is 0.131. The number of benzene rings is 2. The molecule has 0 fully saturated rings. The second kappa shape index (κ2) is 7.89. The Morgan fingerprint density at radius 1 is 0.621 bits per heavy atom. The monoisotopic (exact) mass is 390 g/mol. The van der Waals surface area contributed by atoms with E-state index in [0.29, 0.717) is 12.1 Å². The van der Waals surface area contributed by atoms with Gasteiger partial charge >= 0.3 is 0 Å². The summed E-state index contributed by atoms with van der Waals surface area (Å²) in [6.45, 7) is 19.5. The van der Waals surface area contributed by atoms with Crippen molar-refractivity contribution in [2.75, 3.05) is 6.67 Å². The van der Waals surface area contributed by atoms with Crippen LogP contribution in [0.3, 0.4) is 0 Å². The van der Waals surface area contributed by atoms with E-state index < -0.39 is 0 Å². The molecule has 2 aromatic rings. The minimum Gasteiger partial charge on any atom is -0.351 e. The highest BCUT2D eigenvalue weighted by atomic mass is 15.4. The van der Waals surface area contributed by atoms with Crippen LogP contribution in [0.5, 0.6) is 0 Å². The smallest absolute Gasteiger partial charge is 0.0906 e. The van der Waals surface area contributed by atoms with E-state index in [1.165, 1.54) is 22.3 Å². The number of nitrogens with zero attached hydrogens (tertiary/aromatic N) is 2. The largest absolute Gasteiger partial charge is 0.351 e. The van der Waals surface area contributed by atoms with Gasteiger partial charge < -0.3 is 9.80 Å². The van der Waals surface area contributed by atoms with Crippen LogP contribution in [0.25, 0.3) is 0 Å². The number of rotatable bonds is 4. The Balaban J connectivity index is 1.95. The van der Waals surface area contributed by atoms with Crippen LogP contribution in [0, 0.1) is 24.7 Å². The topological polar surface area (TPSA) is 6.48 Å². The first kappa shape index (κ1) is 21.5. The molecule has 3 rings (SSSR count). The van der Waals surface area contributed by atoms with Gasteiger partial charge in [-0.3, -0.25) is 0 Å². The van der Waals surface area contributed by atoms with E-state index in [1.54, 1.807) is 0 Å². The third kappa shape index (κ3) is 4.52. The molecule has 0 spiro atoms. The predicted octanol–water partition coefficient (Wildman–Crippen LogP) is 7.22. The molecule has 156 valence electrons. The van der Waals surface area contributed by atoms with Crippen molar-refractivity contribution in [3.8, 4) is 0 Å². The van der Waals surface area contributed by atoms with Gasteiger partial charge in [0.1, 0.15) is 0 Å². The van der Waals surface area contributed by atoms with Gasteiger partial charge in [-0.1, -0.05) is 90.1 Å². The lowest BCUT2D eigenvalue weighted by Crippen LogP contribution is -2.40. The molecule has 2 heteroatoms. The van der Waals surface area contributed by atoms with Gasteiger partial charge in [0.15, 0.2) is 0 Å². The third-order valence-electron chi connectivity index (χ3n) is 6.05. The van der Waals surface area contributed by atoms with Gasteiger partial charge in [0.25, 0.3) is 0 Å². The van der Waals surface area contributed by atoms with Crippen molar-refractivity contribution < 1.29 is 0 Å². The van der Waals surface area contributed by atoms with Gasteiger partial charge in [-0.25, -0.2) is 0 Å². The van der Waals surface area contributed by atoms with Crippen molar-refractivity contribution in [1.29, 1.82) is 0 Å². The Bertz CT molecular complexity index is 795. The highest BCUT2D eigenvalue weighted by molar-refractivity contribution is 5.33. The zero-order valence-electron chi connectivity index (χ0n) is 19.5. The summed E-state index contributed by atoms with van der Waals surface area (Å²) >= 11 is 0. The van der Waals surface area contributed by atoms with Crippen LogP contribution in [0.15, 0.2) is 60.9 Å². The average molecular weight is 391 g/mol. The molecular weight excluding hydrogens is 352 g/mol. The molecule has 1 aliphatic rings. The van der Waals surface area contributed by atoms with Crippen LogP contribution in [0.2, 0.25) is 0 Å². The highest BCUT2D eigenvalue weighted by Crippen LogP contribution is 2.45. The molecule has 2 aromatic carbocycles. The summed E-state index contributed by atoms with van der Waals surface area (Å²) < 4.78 is 0. The second-order valence-corrected chi connectivity index (χ2v) is 10.7. The maximum Gasteiger partial charge on any atom is 0.0906 e. The van der Waals surface area contributed by atoms with E-state index >= 15 is 0 Å². The summed E-state index contributed by atoms with van der Waals surface area (Å²) in [4.78, 5) is 5.05. The Hall–Kier alpha value is -2.22. The van der Waals surface area contributed by atoms with E-state index in [9.17, 15) is 0 Å². The maximum atomic E-state index is 2.53. The van der Waals surface area contributed by atoms with Crippen LogP contribution < -0.4 is 0 Å². The normalized spacial score (nSPS) is 17.0. The van der Waals surface area contributed by atoms with Crippen LogP contribution >= 0.6 is 0 Å². The molecule has 1 aliphatic heterocycles. The molecule has 2 nitrogen and oxygen atoms in total. The van der Waals surface area contributed by atoms with Crippen LogP contribution in [0.4, 0.5) is 0 Å². The number of hydrogen-bond acceptors (Lipinski definition) is 2. The number of hydrogen-bond donors (Lipinski definition) is 0. The zero-order chi connectivity index (χ0) is 21.4. The average Bonchev–Trinajstić information content (AvgIpc) is 3.05. The van der Waals surface area contributed by atoms with Gasteiger partial charge in [0.2, 0.25) is 0 Å². The summed E-state index contributed by atoms with van der Waals surface area (Å²) in [5.74, 6) is 0. The fourth-order valence-electron chi connectivity index (χ4n) is 4.86. The van der Waals surface area contributed by atoms with Gasteiger partial charge in [-0.15, -0.1) is 0 Å². The van der Waals surface area contributed by atoms with E-state index in [0.717, 1.165) is 6.67 Å². The second-order valence-electron chi connectivity index (χ2n) is 10.7. The third-order valence-corrected chi connectivity index (χ3v) is 6.05. The van der Waals surface area contributed by atoms with E-state index in [-0.39, 0.29) is 10.8 Å².